The van der Waals surface area contributed by atoms with Crippen LogP contribution in [0.3, 0.4) is 0 Å². The van der Waals surface area contributed by atoms with Gasteiger partial charge >= 0.3 is 0 Å². The molecular weight excluding hydrogens is 253 g/mol. The summed E-state index contributed by atoms with van der Waals surface area (Å²) in [5.74, 6) is 0.576. The summed E-state index contributed by atoms with van der Waals surface area (Å²) in [4.78, 5) is 2.32. The zero-order valence-corrected chi connectivity index (χ0v) is 12.4. The van der Waals surface area contributed by atoms with Crippen LogP contribution in [0.2, 0.25) is 0 Å². The van der Waals surface area contributed by atoms with Gasteiger partial charge in [0.15, 0.2) is 0 Å². The summed E-state index contributed by atoms with van der Waals surface area (Å²) in [7, 11) is 2.13. The Bertz CT molecular complexity index is 386. The van der Waals surface area contributed by atoms with Crippen molar-refractivity contribution in [2.75, 3.05) is 20.1 Å². The van der Waals surface area contributed by atoms with Gasteiger partial charge in [0.1, 0.15) is 5.82 Å². The molecule has 0 spiro atoms. The highest BCUT2D eigenvalue weighted by atomic mass is 19.1. The van der Waals surface area contributed by atoms with Gasteiger partial charge in [-0.15, -0.1) is 0 Å². The smallest absolute Gasteiger partial charge is 0.123 e. The number of rotatable bonds is 6. The predicted molar refractivity (Wildman–Crippen MR) is 80.0 cm³/mol. The van der Waals surface area contributed by atoms with Crippen LogP contribution in [0.1, 0.15) is 50.2 Å². The van der Waals surface area contributed by atoms with E-state index in [1.807, 2.05) is 0 Å². The molecule has 1 unspecified atom stereocenters. The molecule has 1 fully saturated rings. The maximum atomic E-state index is 12.8. The van der Waals surface area contributed by atoms with Crippen molar-refractivity contribution in [3.63, 3.8) is 0 Å². The van der Waals surface area contributed by atoms with Crippen LogP contribution in [0.15, 0.2) is 24.3 Å². The van der Waals surface area contributed by atoms with Crippen molar-refractivity contribution in [1.29, 1.82) is 0 Å². The molecule has 2 rings (SSSR count). The molecule has 0 bridgehead atoms. The standard InChI is InChI=1S/C17H26FNO/c1-19(13-14-5-3-2-4-6-14)12-11-17(20)15-7-9-16(18)10-8-15/h7-10,14,17,20H,2-6,11-13H2,1H3. The minimum atomic E-state index is -0.496. The molecule has 1 aromatic rings. The molecule has 0 aliphatic heterocycles. The van der Waals surface area contributed by atoms with E-state index in [1.54, 1.807) is 12.1 Å². The van der Waals surface area contributed by atoms with Crippen LogP contribution < -0.4 is 0 Å². The fraction of sp³-hybridized carbons (Fsp3) is 0.647. The topological polar surface area (TPSA) is 23.5 Å². The van der Waals surface area contributed by atoms with E-state index in [4.69, 9.17) is 0 Å². The molecule has 2 nitrogen and oxygen atoms in total. The molecule has 1 atom stereocenters. The SMILES string of the molecule is CN(CCC(O)c1ccc(F)cc1)CC1CCCCC1. The van der Waals surface area contributed by atoms with Crippen LogP contribution in [0.25, 0.3) is 0 Å². The number of nitrogens with zero attached hydrogens (tertiary/aromatic N) is 1. The highest BCUT2D eigenvalue weighted by Crippen LogP contribution is 2.24. The van der Waals surface area contributed by atoms with Crippen molar-refractivity contribution in [2.45, 2.75) is 44.6 Å². The van der Waals surface area contributed by atoms with E-state index >= 15 is 0 Å². The van der Waals surface area contributed by atoms with Crippen LogP contribution >= 0.6 is 0 Å². The van der Waals surface area contributed by atoms with Gasteiger partial charge in [0.05, 0.1) is 6.10 Å². The van der Waals surface area contributed by atoms with E-state index in [1.165, 1.54) is 44.2 Å². The molecular formula is C17H26FNO. The third-order valence-electron chi connectivity index (χ3n) is 4.33. The van der Waals surface area contributed by atoms with Crippen LogP contribution in [0.5, 0.6) is 0 Å². The lowest BCUT2D eigenvalue weighted by atomic mass is 9.89. The lowest BCUT2D eigenvalue weighted by Gasteiger charge is -2.27. The molecule has 0 heterocycles. The highest BCUT2D eigenvalue weighted by Gasteiger charge is 2.16. The number of hydrogen-bond acceptors (Lipinski definition) is 2. The van der Waals surface area contributed by atoms with Gasteiger partial charge in [0.2, 0.25) is 0 Å². The fourth-order valence-electron chi connectivity index (χ4n) is 3.10. The summed E-state index contributed by atoms with van der Waals surface area (Å²) >= 11 is 0. The molecule has 1 aromatic carbocycles. The Labute approximate surface area is 121 Å². The number of hydrogen-bond donors (Lipinski definition) is 1. The molecule has 1 aliphatic rings. The monoisotopic (exact) mass is 279 g/mol. The van der Waals surface area contributed by atoms with Gasteiger partial charge in [-0.2, -0.15) is 0 Å². The summed E-state index contributed by atoms with van der Waals surface area (Å²) in [6.07, 6.45) is 7.05. The van der Waals surface area contributed by atoms with E-state index in [0.717, 1.165) is 24.6 Å². The second-order valence-electron chi connectivity index (χ2n) is 6.12. The summed E-state index contributed by atoms with van der Waals surface area (Å²) < 4.78 is 12.8. The highest BCUT2D eigenvalue weighted by molar-refractivity contribution is 5.18. The lowest BCUT2D eigenvalue weighted by molar-refractivity contribution is 0.140. The predicted octanol–water partition coefficient (Wildman–Crippen LogP) is 3.76. The van der Waals surface area contributed by atoms with Crippen LogP contribution in [0, 0.1) is 11.7 Å². The fourth-order valence-corrected chi connectivity index (χ4v) is 3.10. The molecule has 0 amide bonds. The van der Waals surface area contributed by atoms with Crippen molar-refractivity contribution >= 4 is 0 Å². The Morgan fingerprint density at radius 3 is 2.50 bits per heavy atom. The van der Waals surface area contributed by atoms with Crippen molar-refractivity contribution in [3.05, 3.63) is 35.6 Å². The average molecular weight is 279 g/mol. The molecule has 0 saturated heterocycles. The number of halogens is 1. The van der Waals surface area contributed by atoms with Gasteiger partial charge in [-0.1, -0.05) is 31.4 Å². The first kappa shape index (κ1) is 15.5. The van der Waals surface area contributed by atoms with E-state index in [0.29, 0.717) is 6.42 Å². The molecule has 20 heavy (non-hydrogen) atoms. The first-order chi connectivity index (χ1) is 9.65. The number of benzene rings is 1. The van der Waals surface area contributed by atoms with E-state index in [2.05, 4.69) is 11.9 Å². The van der Waals surface area contributed by atoms with Gasteiger partial charge in [0, 0.05) is 13.1 Å². The minimum absolute atomic E-state index is 0.254. The molecule has 3 heteroatoms. The first-order valence-corrected chi connectivity index (χ1v) is 7.77. The Balaban J connectivity index is 1.71. The maximum Gasteiger partial charge on any atom is 0.123 e. The van der Waals surface area contributed by atoms with Crippen molar-refractivity contribution < 1.29 is 9.50 Å². The second kappa shape index (κ2) is 7.75. The summed E-state index contributed by atoms with van der Waals surface area (Å²) in [5, 5.41) is 10.1. The summed E-state index contributed by atoms with van der Waals surface area (Å²) in [6.45, 7) is 2.02. The van der Waals surface area contributed by atoms with Crippen molar-refractivity contribution in [2.24, 2.45) is 5.92 Å². The summed E-state index contributed by atoms with van der Waals surface area (Å²) in [5.41, 5.74) is 0.803. The van der Waals surface area contributed by atoms with E-state index < -0.39 is 6.10 Å². The number of aliphatic hydroxyl groups excluding tert-OH is 1. The van der Waals surface area contributed by atoms with Gasteiger partial charge in [-0.3, -0.25) is 0 Å². The minimum Gasteiger partial charge on any atom is -0.388 e. The largest absolute Gasteiger partial charge is 0.388 e. The second-order valence-corrected chi connectivity index (χ2v) is 6.12. The molecule has 112 valence electrons. The van der Waals surface area contributed by atoms with Gasteiger partial charge in [0.25, 0.3) is 0 Å². The van der Waals surface area contributed by atoms with Crippen LogP contribution in [-0.4, -0.2) is 30.1 Å². The van der Waals surface area contributed by atoms with E-state index in [-0.39, 0.29) is 5.82 Å². The average Bonchev–Trinajstić information content (AvgIpc) is 2.46. The molecule has 0 aromatic heterocycles. The first-order valence-electron chi connectivity index (χ1n) is 7.77. The molecule has 1 aliphatic carbocycles. The third kappa shape index (κ3) is 4.88. The van der Waals surface area contributed by atoms with Crippen molar-refractivity contribution in [1.82, 2.24) is 4.90 Å². The van der Waals surface area contributed by atoms with Gasteiger partial charge in [-0.05, 0) is 49.9 Å². The van der Waals surface area contributed by atoms with Gasteiger partial charge in [-0.25, -0.2) is 4.39 Å². The molecule has 0 radical (unpaired) electrons. The summed E-state index contributed by atoms with van der Waals surface area (Å²) in [6, 6.07) is 6.15. The lowest BCUT2D eigenvalue weighted by Crippen LogP contribution is -2.28. The molecule has 1 N–H and O–H groups in total. The normalized spacial score (nSPS) is 18.4. The quantitative estimate of drug-likeness (QED) is 0.857. The van der Waals surface area contributed by atoms with E-state index in [9.17, 15) is 9.50 Å². The zero-order valence-electron chi connectivity index (χ0n) is 12.4. The zero-order chi connectivity index (χ0) is 14.4. The van der Waals surface area contributed by atoms with Crippen LogP contribution in [-0.2, 0) is 0 Å². The third-order valence-corrected chi connectivity index (χ3v) is 4.33. The number of aliphatic hydroxyl groups is 1. The van der Waals surface area contributed by atoms with Crippen molar-refractivity contribution in [3.8, 4) is 0 Å². The Hall–Kier alpha value is -0.930. The van der Waals surface area contributed by atoms with Gasteiger partial charge < -0.3 is 10.0 Å². The maximum absolute atomic E-state index is 12.8. The van der Waals surface area contributed by atoms with Crippen LogP contribution in [0.4, 0.5) is 4.39 Å². The Morgan fingerprint density at radius 1 is 1.20 bits per heavy atom. The Kier molecular flexibility index (Phi) is 5.99. The molecule has 1 saturated carbocycles. The Morgan fingerprint density at radius 2 is 1.85 bits per heavy atom.